The molecule has 1 saturated heterocycles. The summed E-state index contributed by atoms with van der Waals surface area (Å²) in [6, 6.07) is 6.66. The smallest absolute Gasteiger partial charge is 0.229 e. The van der Waals surface area contributed by atoms with E-state index in [1.165, 1.54) is 25.7 Å². The third-order valence-corrected chi connectivity index (χ3v) is 5.02. The maximum Gasteiger partial charge on any atom is 0.229 e. The Hall–Kier alpha value is -1.79. The molecule has 6 nitrogen and oxygen atoms in total. The fourth-order valence-corrected chi connectivity index (χ4v) is 3.44. The lowest BCUT2D eigenvalue weighted by molar-refractivity contribution is 0.104. The maximum atomic E-state index is 5.38. The molecule has 0 N–H and O–H groups in total. The van der Waals surface area contributed by atoms with Crippen LogP contribution in [-0.4, -0.2) is 51.1 Å². The summed E-state index contributed by atoms with van der Waals surface area (Å²) in [5.74, 6) is 2.21. The van der Waals surface area contributed by atoms with Gasteiger partial charge in [0.1, 0.15) is 0 Å². The molecule has 0 amide bonds. The Morgan fingerprint density at radius 1 is 1.29 bits per heavy atom. The van der Waals surface area contributed by atoms with Gasteiger partial charge >= 0.3 is 0 Å². The van der Waals surface area contributed by atoms with Gasteiger partial charge in [-0.25, -0.2) is 0 Å². The highest BCUT2D eigenvalue weighted by Crippen LogP contribution is 2.38. The molecule has 0 radical (unpaired) electrons. The van der Waals surface area contributed by atoms with Crippen LogP contribution in [0.4, 0.5) is 0 Å². The molecule has 1 aliphatic heterocycles. The van der Waals surface area contributed by atoms with Crippen molar-refractivity contribution in [2.45, 2.75) is 50.7 Å². The van der Waals surface area contributed by atoms with Gasteiger partial charge in [0.05, 0.1) is 12.2 Å². The van der Waals surface area contributed by atoms with Crippen molar-refractivity contribution >= 4 is 0 Å². The normalized spacial score (nSPS) is 22.2. The number of rotatable bonds is 6. The molecule has 4 rings (SSSR count). The predicted octanol–water partition coefficient (Wildman–Crippen LogP) is 2.44. The molecule has 1 atom stereocenters. The number of hydrogen-bond donors (Lipinski definition) is 0. The first kappa shape index (κ1) is 15.7. The minimum atomic E-state index is 0.532. The van der Waals surface area contributed by atoms with E-state index in [2.05, 4.69) is 44.1 Å². The molecule has 2 fully saturated rings. The van der Waals surface area contributed by atoms with Crippen LogP contribution in [0.5, 0.6) is 0 Å². The van der Waals surface area contributed by atoms with Crippen molar-refractivity contribution < 1.29 is 4.52 Å². The minimum absolute atomic E-state index is 0.532. The van der Waals surface area contributed by atoms with Crippen LogP contribution in [-0.2, 0) is 13.1 Å². The molecule has 1 saturated carbocycles. The average Bonchev–Trinajstić information content (AvgIpc) is 3.36. The summed E-state index contributed by atoms with van der Waals surface area (Å²) < 4.78 is 5.38. The molecule has 128 valence electrons. The SMILES string of the molecule is CN(Cc1ccccn1)[C@@H]1CCCN(Cc2noc(C3CC3)n2)C1. The largest absolute Gasteiger partial charge is 0.339 e. The number of piperidine rings is 1. The Kier molecular flexibility index (Phi) is 4.58. The molecule has 0 aromatic carbocycles. The quantitative estimate of drug-likeness (QED) is 0.812. The summed E-state index contributed by atoms with van der Waals surface area (Å²) in [7, 11) is 2.20. The summed E-state index contributed by atoms with van der Waals surface area (Å²) in [5.41, 5.74) is 1.13. The van der Waals surface area contributed by atoms with Crippen molar-refractivity contribution in [2.24, 2.45) is 0 Å². The molecule has 1 aliphatic carbocycles. The first-order valence-corrected chi connectivity index (χ1v) is 8.93. The zero-order chi connectivity index (χ0) is 16.4. The number of nitrogens with zero attached hydrogens (tertiary/aromatic N) is 5. The van der Waals surface area contributed by atoms with Crippen molar-refractivity contribution in [1.29, 1.82) is 0 Å². The van der Waals surface area contributed by atoms with Crippen LogP contribution < -0.4 is 0 Å². The van der Waals surface area contributed by atoms with Crippen molar-refractivity contribution in [1.82, 2.24) is 24.9 Å². The Morgan fingerprint density at radius 3 is 3.00 bits per heavy atom. The monoisotopic (exact) mass is 327 g/mol. The highest BCUT2D eigenvalue weighted by molar-refractivity contribution is 5.04. The van der Waals surface area contributed by atoms with Gasteiger partial charge in [-0.1, -0.05) is 11.2 Å². The van der Waals surface area contributed by atoms with E-state index < -0.39 is 0 Å². The van der Waals surface area contributed by atoms with Gasteiger partial charge in [-0.2, -0.15) is 4.98 Å². The molecule has 0 spiro atoms. The number of pyridine rings is 1. The average molecular weight is 327 g/mol. The summed E-state index contributed by atoms with van der Waals surface area (Å²) in [5, 5.41) is 4.16. The van der Waals surface area contributed by atoms with Gasteiger partial charge in [0.15, 0.2) is 5.82 Å². The third kappa shape index (κ3) is 3.82. The first-order valence-electron chi connectivity index (χ1n) is 8.93. The van der Waals surface area contributed by atoms with Crippen LogP contribution in [0.1, 0.15) is 49.0 Å². The molecule has 0 bridgehead atoms. The molecular formula is C18H25N5O. The molecule has 24 heavy (non-hydrogen) atoms. The minimum Gasteiger partial charge on any atom is -0.339 e. The van der Waals surface area contributed by atoms with Crippen LogP contribution in [0.2, 0.25) is 0 Å². The van der Waals surface area contributed by atoms with Crippen molar-refractivity contribution in [3.63, 3.8) is 0 Å². The van der Waals surface area contributed by atoms with E-state index in [1.54, 1.807) is 0 Å². The van der Waals surface area contributed by atoms with Gasteiger partial charge in [0.25, 0.3) is 0 Å². The Balaban J connectivity index is 1.32. The molecule has 0 unspecified atom stereocenters. The Morgan fingerprint density at radius 2 is 2.21 bits per heavy atom. The lowest BCUT2D eigenvalue weighted by atomic mass is 10.0. The number of hydrogen-bond acceptors (Lipinski definition) is 6. The number of aromatic nitrogens is 3. The van der Waals surface area contributed by atoms with E-state index >= 15 is 0 Å². The summed E-state index contributed by atoms with van der Waals surface area (Å²) in [6.07, 6.45) is 6.71. The number of likely N-dealkylation sites (tertiary alicyclic amines) is 1. The van der Waals surface area contributed by atoms with Gasteiger partial charge in [-0.15, -0.1) is 0 Å². The molecular weight excluding hydrogens is 302 g/mol. The van der Waals surface area contributed by atoms with E-state index in [0.717, 1.165) is 43.6 Å². The van der Waals surface area contributed by atoms with Gasteiger partial charge in [0, 0.05) is 31.2 Å². The predicted molar refractivity (Wildman–Crippen MR) is 90.3 cm³/mol. The second-order valence-electron chi connectivity index (χ2n) is 7.09. The van der Waals surface area contributed by atoms with E-state index in [9.17, 15) is 0 Å². The molecule has 3 heterocycles. The zero-order valence-corrected chi connectivity index (χ0v) is 14.3. The summed E-state index contributed by atoms with van der Waals surface area (Å²) >= 11 is 0. The van der Waals surface area contributed by atoms with Crippen molar-refractivity contribution in [2.75, 3.05) is 20.1 Å². The maximum absolute atomic E-state index is 5.38. The Labute approximate surface area is 142 Å². The molecule has 2 aromatic heterocycles. The number of likely N-dealkylation sites (N-methyl/N-ethyl adjacent to an activating group) is 1. The second kappa shape index (κ2) is 6.99. The van der Waals surface area contributed by atoms with Crippen LogP contribution in [0.3, 0.4) is 0 Å². The van der Waals surface area contributed by atoms with Crippen LogP contribution in [0, 0.1) is 0 Å². The van der Waals surface area contributed by atoms with E-state index in [4.69, 9.17) is 4.52 Å². The zero-order valence-electron chi connectivity index (χ0n) is 14.3. The molecule has 2 aliphatic rings. The third-order valence-electron chi connectivity index (χ3n) is 5.02. The second-order valence-corrected chi connectivity index (χ2v) is 7.09. The highest BCUT2D eigenvalue weighted by Gasteiger charge is 2.30. The fourth-order valence-electron chi connectivity index (χ4n) is 3.44. The van der Waals surface area contributed by atoms with Crippen LogP contribution >= 0.6 is 0 Å². The van der Waals surface area contributed by atoms with E-state index in [0.29, 0.717) is 12.0 Å². The lowest BCUT2D eigenvalue weighted by Gasteiger charge is -2.37. The summed E-state index contributed by atoms with van der Waals surface area (Å²) in [6.45, 7) is 3.86. The van der Waals surface area contributed by atoms with Gasteiger partial charge in [-0.3, -0.25) is 14.8 Å². The summed E-state index contributed by atoms with van der Waals surface area (Å²) in [4.78, 5) is 13.9. The van der Waals surface area contributed by atoms with Crippen molar-refractivity contribution in [3.8, 4) is 0 Å². The Bertz CT molecular complexity index is 654. The molecule has 6 heteroatoms. The standard InChI is InChI=1S/C18H25N5O/c1-22(11-15-5-2-3-9-19-15)16-6-4-10-23(12-16)13-17-20-18(24-21-17)14-7-8-14/h2-3,5,9,14,16H,4,6-8,10-13H2,1H3/t16-/m1/s1. The molecule has 2 aromatic rings. The van der Waals surface area contributed by atoms with Crippen LogP contribution in [0.25, 0.3) is 0 Å². The first-order chi connectivity index (χ1) is 11.8. The van der Waals surface area contributed by atoms with Gasteiger partial charge in [0.2, 0.25) is 5.89 Å². The van der Waals surface area contributed by atoms with Gasteiger partial charge < -0.3 is 4.52 Å². The highest BCUT2D eigenvalue weighted by atomic mass is 16.5. The van der Waals surface area contributed by atoms with Crippen molar-refractivity contribution in [3.05, 3.63) is 41.8 Å². The fraction of sp³-hybridized carbons (Fsp3) is 0.611. The topological polar surface area (TPSA) is 58.3 Å². The lowest BCUT2D eigenvalue weighted by Crippen LogP contribution is -2.46. The van der Waals surface area contributed by atoms with E-state index in [1.807, 2.05) is 12.3 Å². The van der Waals surface area contributed by atoms with Gasteiger partial charge in [-0.05, 0) is 51.4 Å². The van der Waals surface area contributed by atoms with Crippen LogP contribution in [0.15, 0.2) is 28.9 Å². The van der Waals surface area contributed by atoms with E-state index in [-0.39, 0.29) is 0 Å².